The van der Waals surface area contributed by atoms with Crippen LogP contribution in [0.25, 0.3) is 0 Å². The van der Waals surface area contributed by atoms with Gasteiger partial charge in [-0.25, -0.2) is 4.79 Å². The number of carboxylic acid groups (broad SMARTS) is 1. The van der Waals surface area contributed by atoms with Gasteiger partial charge in [0.15, 0.2) is 0 Å². The summed E-state index contributed by atoms with van der Waals surface area (Å²) >= 11 is 0. The van der Waals surface area contributed by atoms with Crippen molar-refractivity contribution in [3.8, 4) is 0 Å². The first-order valence-electron chi connectivity index (χ1n) is 6.31. The average Bonchev–Trinajstić information content (AvgIpc) is 2.28. The van der Waals surface area contributed by atoms with Crippen LogP contribution in [-0.2, 0) is 16.6 Å². The maximum atomic E-state index is 10.6. The van der Waals surface area contributed by atoms with Gasteiger partial charge in [-0.1, -0.05) is 51.6 Å². The van der Waals surface area contributed by atoms with Gasteiger partial charge >= 0.3 is 5.97 Å². The van der Waals surface area contributed by atoms with Crippen molar-refractivity contribution in [1.82, 2.24) is 0 Å². The Bertz CT molecular complexity index is 421. The Hall–Kier alpha value is -1.57. The van der Waals surface area contributed by atoms with Gasteiger partial charge in [0, 0.05) is 5.57 Å². The van der Waals surface area contributed by atoms with Crippen LogP contribution in [0.4, 0.5) is 0 Å². The SMILES string of the molecule is C=C(CCCc1ccc(C(C)(C)C)cc1)C(=O)O. The van der Waals surface area contributed by atoms with Crippen molar-refractivity contribution in [3.63, 3.8) is 0 Å². The minimum Gasteiger partial charge on any atom is -0.478 e. The lowest BCUT2D eigenvalue weighted by Crippen LogP contribution is -2.10. The zero-order valence-corrected chi connectivity index (χ0v) is 11.5. The smallest absolute Gasteiger partial charge is 0.330 e. The molecular formula is C16H22O2. The first-order valence-corrected chi connectivity index (χ1v) is 6.31. The number of hydrogen-bond donors (Lipinski definition) is 1. The highest BCUT2D eigenvalue weighted by atomic mass is 16.4. The lowest BCUT2D eigenvalue weighted by Gasteiger charge is -2.19. The standard InChI is InChI=1S/C16H22O2/c1-12(15(17)18)6-5-7-13-8-10-14(11-9-13)16(2,3)4/h8-11H,1,5-7H2,2-4H3,(H,17,18). The number of carbonyl (C=O) groups is 1. The second kappa shape index (κ2) is 5.85. The second-order valence-electron chi connectivity index (χ2n) is 5.71. The topological polar surface area (TPSA) is 37.3 Å². The van der Waals surface area contributed by atoms with Crippen molar-refractivity contribution in [1.29, 1.82) is 0 Å². The van der Waals surface area contributed by atoms with E-state index in [0.29, 0.717) is 12.0 Å². The van der Waals surface area contributed by atoms with Gasteiger partial charge in [-0.05, 0) is 35.8 Å². The first kappa shape index (κ1) is 14.5. The third-order valence-corrected chi connectivity index (χ3v) is 3.07. The molecule has 18 heavy (non-hydrogen) atoms. The minimum atomic E-state index is -0.891. The van der Waals surface area contributed by atoms with Crippen molar-refractivity contribution in [2.45, 2.75) is 45.4 Å². The molecule has 0 aliphatic carbocycles. The number of benzene rings is 1. The third kappa shape index (κ3) is 4.36. The Kier molecular flexibility index (Phi) is 4.71. The quantitative estimate of drug-likeness (QED) is 0.799. The second-order valence-corrected chi connectivity index (χ2v) is 5.71. The van der Waals surface area contributed by atoms with Crippen molar-refractivity contribution < 1.29 is 9.90 Å². The van der Waals surface area contributed by atoms with Crippen LogP contribution in [0.5, 0.6) is 0 Å². The summed E-state index contributed by atoms with van der Waals surface area (Å²) in [5, 5.41) is 8.71. The van der Waals surface area contributed by atoms with E-state index in [1.807, 2.05) is 0 Å². The highest BCUT2D eigenvalue weighted by molar-refractivity contribution is 5.85. The number of carboxylic acids is 1. The van der Waals surface area contributed by atoms with Gasteiger partial charge in [0.2, 0.25) is 0 Å². The van der Waals surface area contributed by atoms with Crippen molar-refractivity contribution in [2.75, 3.05) is 0 Å². The number of hydrogen-bond acceptors (Lipinski definition) is 1. The molecule has 0 heterocycles. The van der Waals surface area contributed by atoms with Gasteiger partial charge in [0.05, 0.1) is 0 Å². The van der Waals surface area contributed by atoms with E-state index in [2.05, 4.69) is 51.6 Å². The van der Waals surface area contributed by atoms with E-state index < -0.39 is 5.97 Å². The zero-order chi connectivity index (χ0) is 13.8. The van der Waals surface area contributed by atoms with Crippen LogP contribution in [0.15, 0.2) is 36.4 Å². The van der Waals surface area contributed by atoms with Crippen molar-refractivity contribution >= 4 is 5.97 Å². The molecule has 0 fully saturated rings. The van der Waals surface area contributed by atoms with Gasteiger partial charge < -0.3 is 5.11 Å². The van der Waals surface area contributed by atoms with E-state index in [0.717, 1.165) is 12.8 Å². The van der Waals surface area contributed by atoms with Gasteiger partial charge in [0.25, 0.3) is 0 Å². The van der Waals surface area contributed by atoms with Crippen molar-refractivity contribution in [3.05, 3.63) is 47.5 Å². The predicted molar refractivity (Wildman–Crippen MR) is 74.9 cm³/mol. The molecule has 0 amide bonds. The summed E-state index contributed by atoms with van der Waals surface area (Å²) in [5.74, 6) is -0.891. The molecule has 1 aromatic carbocycles. The number of rotatable bonds is 5. The summed E-state index contributed by atoms with van der Waals surface area (Å²) in [6, 6.07) is 8.57. The maximum Gasteiger partial charge on any atom is 0.330 e. The third-order valence-electron chi connectivity index (χ3n) is 3.07. The molecule has 0 spiro atoms. The van der Waals surface area contributed by atoms with Crippen LogP contribution in [0.3, 0.4) is 0 Å². The summed E-state index contributed by atoms with van der Waals surface area (Å²) in [5.41, 5.74) is 3.04. The molecule has 0 saturated carbocycles. The molecule has 2 nitrogen and oxygen atoms in total. The van der Waals surface area contributed by atoms with E-state index in [1.54, 1.807) is 0 Å². The Balaban J connectivity index is 2.50. The van der Waals surface area contributed by atoms with Crippen LogP contribution in [0.2, 0.25) is 0 Å². The number of aliphatic carboxylic acids is 1. The van der Waals surface area contributed by atoms with Crippen LogP contribution in [0.1, 0.15) is 44.7 Å². The fraction of sp³-hybridized carbons (Fsp3) is 0.438. The lowest BCUT2D eigenvalue weighted by atomic mass is 9.86. The Morgan fingerprint density at radius 1 is 1.22 bits per heavy atom. The molecule has 2 heteroatoms. The molecule has 1 aromatic rings. The van der Waals surface area contributed by atoms with E-state index >= 15 is 0 Å². The Morgan fingerprint density at radius 2 is 1.78 bits per heavy atom. The molecular weight excluding hydrogens is 224 g/mol. The van der Waals surface area contributed by atoms with E-state index in [9.17, 15) is 4.79 Å². The fourth-order valence-electron chi connectivity index (χ4n) is 1.78. The molecule has 0 bridgehead atoms. The van der Waals surface area contributed by atoms with E-state index in [1.165, 1.54) is 11.1 Å². The maximum absolute atomic E-state index is 10.6. The summed E-state index contributed by atoms with van der Waals surface area (Å²) in [6.07, 6.45) is 2.28. The highest BCUT2D eigenvalue weighted by Gasteiger charge is 2.12. The van der Waals surface area contributed by atoms with Gasteiger partial charge in [-0.15, -0.1) is 0 Å². The van der Waals surface area contributed by atoms with Gasteiger partial charge in [0.1, 0.15) is 0 Å². The predicted octanol–water partition coefficient (Wildman–Crippen LogP) is 3.95. The van der Waals surface area contributed by atoms with Crippen LogP contribution in [-0.4, -0.2) is 11.1 Å². The van der Waals surface area contributed by atoms with Crippen LogP contribution >= 0.6 is 0 Å². The average molecular weight is 246 g/mol. The van der Waals surface area contributed by atoms with Gasteiger partial charge in [-0.3, -0.25) is 0 Å². The number of aryl methyl sites for hydroxylation is 1. The molecule has 0 aliphatic heterocycles. The molecule has 0 radical (unpaired) electrons. The fourth-order valence-corrected chi connectivity index (χ4v) is 1.78. The summed E-state index contributed by atoms with van der Waals surface area (Å²) in [4.78, 5) is 10.6. The zero-order valence-electron chi connectivity index (χ0n) is 11.5. The summed E-state index contributed by atoms with van der Waals surface area (Å²) in [7, 11) is 0. The van der Waals surface area contributed by atoms with Crippen LogP contribution < -0.4 is 0 Å². The van der Waals surface area contributed by atoms with Crippen LogP contribution in [0, 0.1) is 0 Å². The largest absolute Gasteiger partial charge is 0.478 e. The highest BCUT2D eigenvalue weighted by Crippen LogP contribution is 2.22. The first-order chi connectivity index (χ1) is 8.30. The summed E-state index contributed by atoms with van der Waals surface area (Å²) < 4.78 is 0. The van der Waals surface area contributed by atoms with E-state index in [4.69, 9.17) is 5.11 Å². The molecule has 0 unspecified atom stereocenters. The van der Waals surface area contributed by atoms with E-state index in [-0.39, 0.29) is 5.41 Å². The molecule has 0 aromatic heterocycles. The Morgan fingerprint density at radius 3 is 2.22 bits per heavy atom. The summed E-state index contributed by atoms with van der Waals surface area (Å²) in [6.45, 7) is 10.1. The molecule has 0 saturated heterocycles. The lowest BCUT2D eigenvalue weighted by molar-refractivity contribution is -0.132. The molecule has 0 aliphatic rings. The molecule has 0 atom stereocenters. The molecule has 1 rings (SSSR count). The van der Waals surface area contributed by atoms with Gasteiger partial charge in [-0.2, -0.15) is 0 Å². The van der Waals surface area contributed by atoms with Crippen molar-refractivity contribution in [2.24, 2.45) is 0 Å². The molecule has 1 N–H and O–H groups in total. The molecule has 98 valence electrons. The Labute approximate surface area is 109 Å². The monoisotopic (exact) mass is 246 g/mol. The normalized spacial score (nSPS) is 11.3. The minimum absolute atomic E-state index is 0.177.